The van der Waals surface area contributed by atoms with Crippen molar-refractivity contribution in [3.8, 4) is 0 Å². The summed E-state index contributed by atoms with van der Waals surface area (Å²) in [5.41, 5.74) is 5.69. The van der Waals surface area contributed by atoms with Crippen molar-refractivity contribution in [2.24, 2.45) is 0 Å². The first kappa shape index (κ1) is 10.9. The second kappa shape index (κ2) is 4.09. The number of halogens is 1. The molecule has 4 nitrogen and oxygen atoms in total. The molecule has 16 heavy (non-hydrogen) atoms. The SMILES string of the molecule is Nc1ccc(C(=O)N2CC[C@@H](O)C2)c(F)c1. The zero-order valence-electron chi connectivity index (χ0n) is 8.69. The predicted octanol–water partition coefficient (Wildman–Crippen LogP) is 0.615. The Kier molecular flexibility index (Phi) is 2.78. The predicted molar refractivity (Wildman–Crippen MR) is 57.3 cm³/mol. The number of hydrogen-bond acceptors (Lipinski definition) is 3. The van der Waals surface area contributed by atoms with Gasteiger partial charge in [0, 0.05) is 18.8 Å². The van der Waals surface area contributed by atoms with E-state index in [0.717, 1.165) is 6.07 Å². The molecule has 0 aromatic heterocycles. The van der Waals surface area contributed by atoms with E-state index in [1.165, 1.54) is 17.0 Å². The molecule has 0 radical (unpaired) electrons. The second-order valence-electron chi connectivity index (χ2n) is 3.93. The summed E-state index contributed by atoms with van der Waals surface area (Å²) >= 11 is 0. The van der Waals surface area contributed by atoms with Crippen molar-refractivity contribution in [3.63, 3.8) is 0 Å². The van der Waals surface area contributed by atoms with Gasteiger partial charge in [0.25, 0.3) is 5.91 Å². The molecule has 1 aliphatic rings. The Morgan fingerprint density at radius 2 is 2.31 bits per heavy atom. The number of carbonyl (C=O) groups is 1. The number of hydrogen-bond donors (Lipinski definition) is 2. The number of aliphatic hydroxyl groups excluding tert-OH is 1. The van der Waals surface area contributed by atoms with E-state index in [-0.39, 0.29) is 17.8 Å². The monoisotopic (exact) mass is 224 g/mol. The van der Waals surface area contributed by atoms with Crippen LogP contribution in [0.1, 0.15) is 16.8 Å². The lowest BCUT2D eigenvalue weighted by Gasteiger charge is -2.15. The quantitative estimate of drug-likeness (QED) is 0.687. The first-order valence-electron chi connectivity index (χ1n) is 5.10. The number of carbonyl (C=O) groups excluding carboxylic acids is 1. The minimum atomic E-state index is -0.619. The highest BCUT2D eigenvalue weighted by Gasteiger charge is 2.26. The van der Waals surface area contributed by atoms with Crippen LogP contribution in [-0.2, 0) is 0 Å². The summed E-state index contributed by atoms with van der Waals surface area (Å²) in [7, 11) is 0. The van der Waals surface area contributed by atoms with Crippen LogP contribution in [0, 0.1) is 5.82 Å². The minimum Gasteiger partial charge on any atom is -0.399 e. The molecular weight excluding hydrogens is 211 g/mol. The molecule has 1 saturated heterocycles. The molecule has 1 aromatic rings. The van der Waals surface area contributed by atoms with Crippen molar-refractivity contribution >= 4 is 11.6 Å². The Morgan fingerprint density at radius 3 is 2.88 bits per heavy atom. The molecule has 1 aromatic carbocycles. The number of aliphatic hydroxyl groups is 1. The normalized spacial score (nSPS) is 20.1. The van der Waals surface area contributed by atoms with Gasteiger partial charge in [0.05, 0.1) is 11.7 Å². The summed E-state index contributed by atoms with van der Waals surface area (Å²) in [5.74, 6) is -1.01. The Hall–Kier alpha value is -1.62. The maximum atomic E-state index is 13.5. The number of benzene rings is 1. The molecule has 1 heterocycles. The maximum Gasteiger partial charge on any atom is 0.256 e. The molecule has 1 fully saturated rings. The van der Waals surface area contributed by atoms with Crippen molar-refractivity contribution in [3.05, 3.63) is 29.6 Å². The number of anilines is 1. The maximum absolute atomic E-state index is 13.5. The van der Waals surface area contributed by atoms with Crippen LogP contribution in [0.2, 0.25) is 0 Å². The number of nitrogens with two attached hydrogens (primary N) is 1. The average molecular weight is 224 g/mol. The second-order valence-corrected chi connectivity index (χ2v) is 3.93. The molecule has 0 saturated carbocycles. The van der Waals surface area contributed by atoms with E-state index in [4.69, 9.17) is 5.73 Å². The molecule has 3 N–H and O–H groups in total. The van der Waals surface area contributed by atoms with E-state index in [2.05, 4.69) is 0 Å². The Balaban J connectivity index is 2.21. The number of amides is 1. The van der Waals surface area contributed by atoms with Crippen molar-refractivity contribution in [2.45, 2.75) is 12.5 Å². The fraction of sp³-hybridized carbons (Fsp3) is 0.364. The van der Waals surface area contributed by atoms with Gasteiger partial charge >= 0.3 is 0 Å². The van der Waals surface area contributed by atoms with Crippen LogP contribution in [0.4, 0.5) is 10.1 Å². The van der Waals surface area contributed by atoms with Crippen LogP contribution >= 0.6 is 0 Å². The molecule has 1 amide bonds. The molecule has 1 atom stereocenters. The third kappa shape index (κ3) is 1.99. The van der Waals surface area contributed by atoms with Crippen LogP contribution in [0.25, 0.3) is 0 Å². The molecule has 86 valence electrons. The van der Waals surface area contributed by atoms with Gasteiger partial charge in [-0.05, 0) is 24.6 Å². The largest absolute Gasteiger partial charge is 0.399 e. The van der Waals surface area contributed by atoms with E-state index in [0.29, 0.717) is 13.0 Å². The van der Waals surface area contributed by atoms with Gasteiger partial charge in [0.2, 0.25) is 0 Å². The van der Waals surface area contributed by atoms with Crippen molar-refractivity contribution in [2.75, 3.05) is 18.8 Å². The average Bonchev–Trinajstić information content (AvgIpc) is 2.64. The molecule has 0 aliphatic carbocycles. The lowest BCUT2D eigenvalue weighted by atomic mass is 10.1. The van der Waals surface area contributed by atoms with Crippen molar-refractivity contribution in [1.29, 1.82) is 0 Å². The zero-order valence-corrected chi connectivity index (χ0v) is 8.69. The highest BCUT2D eigenvalue weighted by molar-refractivity contribution is 5.95. The first-order chi connectivity index (χ1) is 7.58. The lowest BCUT2D eigenvalue weighted by Crippen LogP contribution is -2.30. The van der Waals surface area contributed by atoms with Gasteiger partial charge in [-0.15, -0.1) is 0 Å². The third-order valence-corrected chi connectivity index (χ3v) is 2.67. The van der Waals surface area contributed by atoms with E-state index < -0.39 is 17.8 Å². The van der Waals surface area contributed by atoms with Crippen LogP contribution in [0.15, 0.2) is 18.2 Å². The van der Waals surface area contributed by atoms with Gasteiger partial charge in [0.15, 0.2) is 0 Å². The topological polar surface area (TPSA) is 66.6 Å². The molecule has 0 bridgehead atoms. The third-order valence-electron chi connectivity index (χ3n) is 2.67. The van der Waals surface area contributed by atoms with Gasteiger partial charge in [-0.2, -0.15) is 0 Å². The standard InChI is InChI=1S/C11H13FN2O2/c12-10-5-7(13)1-2-9(10)11(16)14-4-3-8(15)6-14/h1-2,5,8,15H,3-4,6,13H2/t8-/m1/s1. The summed E-state index contributed by atoms with van der Waals surface area (Å²) < 4.78 is 13.5. The summed E-state index contributed by atoms with van der Waals surface area (Å²) in [5, 5.41) is 9.30. The van der Waals surface area contributed by atoms with Crippen molar-refractivity contribution in [1.82, 2.24) is 4.90 Å². The summed E-state index contributed by atoms with van der Waals surface area (Å²) in [6, 6.07) is 3.99. The fourth-order valence-electron chi connectivity index (χ4n) is 1.80. The van der Waals surface area contributed by atoms with Gasteiger partial charge in [-0.3, -0.25) is 4.79 Å². The van der Waals surface area contributed by atoms with Gasteiger partial charge in [0.1, 0.15) is 5.82 Å². The van der Waals surface area contributed by atoms with Gasteiger partial charge < -0.3 is 15.7 Å². The van der Waals surface area contributed by atoms with Crippen molar-refractivity contribution < 1.29 is 14.3 Å². The Bertz CT molecular complexity index is 422. The minimum absolute atomic E-state index is 0.00306. The molecule has 0 unspecified atom stereocenters. The summed E-state index contributed by atoms with van der Waals surface area (Å²) in [6.45, 7) is 0.729. The lowest BCUT2D eigenvalue weighted by molar-refractivity contribution is 0.0760. The van der Waals surface area contributed by atoms with E-state index in [1.807, 2.05) is 0 Å². The molecular formula is C11H13FN2O2. The highest BCUT2D eigenvalue weighted by Crippen LogP contribution is 2.17. The van der Waals surface area contributed by atoms with Crippen LogP contribution in [0.5, 0.6) is 0 Å². The zero-order chi connectivity index (χ0) is 11.7. The summed E-state index contributed by atoms with van der Waals surface area (Å²) in [6.07, 6.45) is 0.0447. The van der Waals surface area contributed by atoms with E-state index in [1.54, 1.807) is 0 Å². The van der Waals surface area contributed by atoms with Crippen LogP contribution in [0.3, 0.4) is 0 Å². The number of rotatable bonds is 1. The van der Waals surface area contributed by atoms with Crippen LogP contribution < -0.4 is 5.73 Å². The van der Waals surface area contributed by atoms with Gasteiger partial charge in [-0.1, -0.05) is 0 Å². The fourth-order valence-corrected chi connectivity index (χ4v) is 1.80. The number of nitrogens with zero attached hydrogens (tertiary/aromatic N) is 1. The Labute approximate surface area is 92.5 Å². The van der Waals surface area contributed by atoms with Crippen LogP contribution in [-0.4, -0.2) is 35.1 Å². The van der Waals surface area contributed by atoms with Gasteiger partial charge in [-0.25, -0.2) is 4.39 Å². The molecule has 1 aliphatic heterocycles. The van der Waals surface area contributed by atoms with E-state index in [9.17, 15) is 14.3 Å². The molecule has 5 heteroatoms. The summed E-state index contributed by atoms with van der Waals surface area (Å²) in [4.78, 5) is 13.3. The number of likely N-dealkylation sites (tertiary alicyclic amines) is 1. The Morgan fingerprint density at radius 1 is 1.56 bits per heavy atom. The first-order valence-corrected chi connectivity index (χ1v) is 5.10. The molecule has 0 spiro atoms. The van der Waals surface area contributed by atoms with E-state index >= 15 is 0 Å². The molecule has 2 rings (SSSR count). The number of β-amino-alcohol motifs (C(OH)–C–C–N with tert-alkyl or cyclic N) is 1. The number of nitrogen functional groups attached to an aromatic ring is 1. The highest BCUT2D eigenvalue weighted by atomic mass is 19.1. The smallest absolute Gasteiger partial charge is 0.256 e.